The lowest BCUT2D eigenvalue weighted by molar-refractivity contribution is 0.0243. The van der Waals surface area contributed by atoms with Gasteiger partial charge in [-0.05, 0) is 31.2 Å². The van der Waals surface area contributed by atoms with Crippen LogP contribution < -0.4 is 4.90 Å². The number of nitrogens with zero attached hydrogens (tertiary/aromatic N) is 4. The third-order valence-corrected chi connectivity index (χ3v) is 5.02. The summed E-state index contributed by atoms with van der Waals surface area (Å²) in [6.07, 6.45) is 0. The Labute approximate surface area is 141 Å². The molecule has 0 spiro atoms. The van der Waals surface area contributed by atoms with E-state index in [4.69, 9.17) is 4.52 Å². The van der Waals surface area contributed by atoms with E-state index < -0.39 is 0 Å². The molecule has 0 amide bonds. The standard InChI is InChI=1S/C18H23FN4O/c1-14-10-16(20-24-14)11-21-12-18(13-21)23-8-6-22(7-9-23)17-4-2-15(19)3-5-17/h2-5,10,18H,6-9,11-13H2,1H3. The molecule has 24 heavy (non-hydrogen) atoms. The fraction of sp³-hybridized carbons (Fsp3) is 0.500. The van der Waals surface area contributed by atoms with Gasteiger partial charge in [0, 0.05) is 63.6 Å². The van der Waals surface area contributed by atoms with E-state index in [0.29, 0.717) is 6.04 Å². The monoisotopic (exact) mass is 330 g/mol. The van der Waals surface area contributed by atoms with Crippen LogP contribution >= 0.6 is 0 Å². The van der Waals surface area contributed by atoms with Crippen LogP contribution in [0.2, 0.25) is 0 Å². The highest BCUT2D eigenvalue weighted by atomic mass is 19.1. The van der Waals surface area contributed by atoms with Gasteiger partial charge in [-0.1, -0.05) is 5.16 Å². The Bertz CT molecular complexity index is 673. The summed E-state index contributed by atoms with van der Waals surface area (Å²) in [5.41, 5.74) is 2.14. The first kappa shape index (κ1) is 15.6. The van der Waals surface area contributed by atoms with Crippen molar-refractivity contribution in [1.29, 1.82) is 0 Å². The van der Waals surface area contributed by atoms with Gasteiger partial charge in [-0.25, -0.2) is 4.39 Å². The third-order valence-electron chi connectivity index (χ3n) is 5.02. The zero-order chi connectivity index (χ0) is 16.5. The first-order valence-corrected chi connectivity index (χ1v) is 8.56. The molecule has 0 unspecified atom stereocenters. The molecular formula is C18H23FN4O. The number of piperazine rings is 1. The van der Waals surface area contributed by atoms with Crippen LogP contribution in [0.5, 0.6) is 0 Å². The predicted octanol–water partition coefficient (Wildman–Crippen LogP) is 2.13. The molecule has 3 heterocycles. The van der Waals surface area contributed by atoms with Crippen LogP contribution in [0, 0.1) is 12.7 Å². The quantitative estimate of drug-likeness (QED) is 0.858. The maximum Gasteiger partial charge on any atom is 0.133 e. The second-order valence-electron chi connectivity index (χ2n) is 6.78. The molecule has 1 aromatic heterocycles. The van der Waals surface area contributed by atoms with E-state index in [2.05, 4.69) is 19.9 Å². The molecule has 2 saturated heterocycles. The normalized spacial score (nSPS) is 20.3. The number of aryl methyl sites for hydroxylation is 1. The molecule has 2 aliphatic rings. The lowest BCUT2D eigenvalue weighted by Crippen LogP contribution is -2.62. The van der Waals surface area contributed by atoms with Crippen LogP contribution in [0.1, 0.15) is 11.5 Å². The maximum atomic E-state index is 13.0. The summed E-state index contributed by atoms with van der Waals surface area (Å²) in [6, 6.07) is 9.48. The molecule has 0 aliphatic carbocycles. The smallest absolute Gasteiger partial charge is 0.133 e. The summed E-state index contributed by atoms with van der Waals surface area (Å²) in [4.78, 5) is 7.32. The third kappa shape index (κ3) is 3.30. The zero-order valence-electron chi connectivity index (χ0n) is 14.0. The Kier molecular flexibility index (Phi) is 4.24. The molecule has 0 saturated carbocycles. The lowest BCUT2D eigenvalue weighted by Gasteiger charge is -2.48. The van der Waals surface area contributed by atoms with E-state index in [-0.39, 0.29) is 5.82 Å². The van der Waals surface area contributed by atoms with Gasteiger partial charge in [0.2, 0.25) is 0 Å². The summed E-state index contributed by atoms with van der Waals surface area (Å²) >= 11 is 0. The van der Waals surface area contributed by atoms with Gasteiger partial charge in [0.1, 0.15) is 11.6 Å². The highest BCUT2D eigenvalue weighted by Gasteiger charge is 2.33. The van der Waals surface area contributed by atoms with Crippen molar-refractivity contribution < 1.29 is 8.91 Å². The summed E-state index contributed by atoms with van der Waals surface area (Å²) in [7, 11) is 0. The Morgan fingerprint density at radius 2 is 1.83 bits per heavy atom. The Morgan fingerprint density at radius 1 is 1.12 bits per heavy atom. The van der Waals surface area contributed by atoms with Crippen molar-refractivity contribution in [3.05, 3.63) is 47.6 Å². The van der Waals surface area contributed by atoms with Gasteiger partial charge in [-0.3, -0.25) is 9.80 Å². The number of aromatic nitrogens is 1. The number of benzene rings is 1. The molecule has 6 heteroatoms. The predicted molar refractivity (Wildman–Crippen MR) is 90.5 cm³/mol. The first-order valence-electron chi connectivity index (χ1n) is 8.56. The molecule has 2 aliphatic heterocycles. The average Bonchev–Trinajstić information content (AvgIpc) is 2.97. The molecule has 0 radical (unpaired) electrons. The van der Waals surface area contributed by atoms with Crippen LogP contribution in [-0.4, -0.2) is 60.3 Å². The molecule has 0 bridgehead atoms. The lowest BCUT2D eigenvalue weighted by atomic mass is 10.1. The number of rotatable bonds is 4. The van der Waals surface area contributed by atoms with E-state index in [1.165, 1.54) is 12.1 Å². The van der Waals surface area contributed by atoms with Gasteiger partial charge in [0.25, 0.3) is 0 Å². The molecule has 0 N–H and O–H groups in total. The second kappa shape index (κ2) is 6.53. The Morgan fingerprint density at radius 3 is 2.46 bits per heavy atom. The fourth-order valence-corrected chi connectivity index (χ4v) is 3.62. The van der Waals surface area contributed by atoms with Gasteiger partial charge in [-0.15, -0.1) is 0 Å². The highest BCUT2D eigenvalue weighted by Crippen LogP contribution is 2.22. The SMILES string of the molecule is Cc1cc(CN2CC(N3CCN(c4ccc(F)cc4)CC3)C2)no1. The van der Waals surface area contributed by atoms with E-state index in [1.54, 1.807) is 0 Å². The Balaban J connectivity index is 1.23. The minimum absolute atomic E-state index is 0.172. The largest absolute Gasteiger partial charge is 0.369 e. The summed E-state index contributed by atoms with van der Waals surface area (Å²) in [5.74, 6) is 0.702. The van der Waals surface area contributed by atoms with Crippen LogP contribution in [0.3, 0.4) is 0 Å². The highest BCUT2D eigenvalue weighted by molar-refractivity contribution is 5.46. The van der Waals surface area contributed by atoms with Crippen molar-refractivity contribution in [2.75, 3.05) is 44.2 Å². The number of likely N-dealkylation sites (tertiary alicyclic amines) is 1. The summed E-state index contributed by atoms with van der Waals surface area (Å²) < 4.78 is 18.1. The Hall–Kier alpha value is -1.92. The van der Waals surface area contributed by atoms with E-state index >= 15 is 0 Å². The molecule has 2 aromatic rings. The molecule has 128 valence electrons. The summed E-state index contributed by atoms with van der Waals surface area (Å²) in [6.45, 7) is 9.15. The van der Waals surface area contributed by atoms with Crippen molar-refractivity contribution in [1.82, 2.24) is 15.0 Å². The van der Waals surface area contributed by atoms with Gasteiger partial charge in [0.15, 0.2) is 0 Å². The second-order valence-corrected chi connectivity index (χ2v) is 6.78. The van der Waals surface area contributed by atoms with E-state index in [1.807, 2.05) is 25.1 Å². The molecular weight excluding hydrogens is 307 g/mol. The number of halogens is 1. The zero-order valence-corrected chi connectivity index (χ0v) is 14.0. The van der Waals surface area contributed by atoms with Crippen molar-refractivity contribution >= 4 is 5.69 Å². The van der Waals surface area contributed by atoms with E-state index in [0.717, 1.165) is 63.0 Å². The fourth-order valence-electron chi connectivity index (χ4n) is 3.62. The minimum atomic E-state index is -0.172. The van der Waals surface area contributed by atoms with Crippen LogP contribution in [0.15, 0.2) is 34.9 Å². The van der Waals surface area contributed by atoms with Gasteiger partial charge >= 0.3 is 0 Å². The van der Waals surface area contributed by atoms with Gasteiger partial charge < -0.3 is 9.42 Å². The average molecular weight is 330 g/mol. The van der Waals surface area contributed by atoms with Crippen molar-refractivity contribution in [2.24, 2.45) is 0 Å². The van der Waals surface area contributed by atoms with Crippen molar-refractivity contribution in [3.8, 4) is 0 Å². The molecule has 2 fully saturated rings. The minimum Gasteiger partial charge on any atom is -0.369 e. The summed E-state index contributed by atoms with van der Waals surface area (Å²) in [5, 5.41) is 4.06. The molecule has 1 aromatic carbocycles. The van der Waals surface area contributed by atoms with Crippen LogP contribution in [0.4, 0.5) is 10.1 Å². The van der Waals surface area contributed by atoms with Crippen molar-refractivity contribution in [2.45, 2.75) is 19.5 Å². The number of hydrogen-bond acceptors (Lipinski definition) is 5. The van der Waals surface area contributed by atoms with Gasteiger partial charge in [0.05, 0.1) is 5.69 Å². The number of anilines is 1. The van der Waals surface area contributed by atoms with Crippen LogP contribution in [0.25, 0.3) is 0 Å². The van der Waals surface area contributed by atoms with Crippen LogP contribution in [-0.2, 0) is 6.54 Å². The maximum absolute atomic E-state index is 13.0. The topological polar surface area (TPSA) is 35.8 Å². The van der Waals surface area contributed by atoms with Crippen molar-refractivity contribution in [3.63, 3.8) is 0 Å². The van der Waals surface area contributed by atoms with E-state index in [9.17, 15) is 4.39 Å². The molecule has 5 nitrogen and oxygen atoms in total. The number of hydrogen-bond donors (Lipinski definition) is 0. The first-order chi connectivity index (χ1) is 11.7. The molecule has 0 atom stereocenters. The molecule has 4 rings (SSSR count). The van der Waals surface area contributed by atoms with Gasteiger partial charge in [-0.2, -0.15) is 0 Å².